The molecule has 0 spiro atoms. The number of ketones is 1. The largest absolute Gasteiger partial charge is 0.469 e. The van der Waals surface area contributed by atoms with Crippen molar-refractivity contribution in [2.45, 2.75) is 19.4 Å². The van der Waals surface area contributed by atoms with Crippen LogP contribution in [-0.4, -0.2) is 22.8 Å². The van der Waals surface area contributed by atoms with Gasteiger partial charge in [-0.2, -0.15) is 0 Å². The number of nitro groups is 1. The lowest BCUT2D eigenvalue weighted by Crippen LogP contribution is -2.27. The summed E-state index contributed by atoms with van der Waals surface area (Å²) in [5.41, 5.74) is 0.00606. The highest BCUT2D eigenvalue weighted by Crippen LogP contribution is 2.15. The first kappa shape index (κ1) is 15.4. The molecule has 7 heteroatoms. The second-order valence-corrected chi connectivity index (χ2v) is 4.59. The lowest BCUT2D eigenvalue weighted by atomic mass is 10.1. The molecule has 114 valence electrons. The smallest absolute Gasteiger partial charge is 0.338 e. The van der Waals surface area contributed by atoms with Crippen LogP contribution in [-0.2, 0) is 16.0 Å². The SMILES string of the molecule is CC(=O)C(Cc1ccco1)OC(=O)c1ccc([N+](=O)[O-])cc1. The van der Waals surface area contributed by atoms with Gasteiger partial charge in [-0.05, 0) is 31.2 Å². The van der Waals surface area contributed by atoms with E-state index in [1.807, 2.05) is 0 Å². The maximum Gasteiger partial charge on any atom is 0.338 e. The first-order valence-electron chi connectivity index (χ1n) is 6.45. The number of ether oxygens (including phenoxy) is 1. The molecule has 0 saturated carbocycles. The minimum absolute atomic E-state index is 0.129. The van der Waals surface area contributed by atoms with E-state index < -0.39 is 17.0 Å². The summed E-state index contributed by atoms with van der Waals surface area (Å²) >= 11 is 0. The molecule has 1 aromatic heterocycles. The van der Waals surface area contributed by atoms with E-state index in [0.717, 1.165) is 0 Å². The summed E-state index contributed by atoms with van der Waals surface area (Å²) in [5.74, 6) is -0.509. The van der Waals surface area contributed by atoms with Gasteiger partial charge in [-0.3, -0.25) is 14.9 Å². The van der Waals surface area contributed by atoms with Crippen molar-refractivity contribution in [3.05, 3.63) is 64.1 Å². The van der Waals surface area contributed by atoms with Gasteiger partial charge in [-0.25, -0.2) is 4.79 Å². The molecule has 22 heavy (non-hydrogen) atoms. The number of benzene rings is 1. The molecule has 0 N–H and O–H groups in total. The number of non-ortho nitro benzene ring substituents is 1. The maximum absolute atomic E-state index is 12.0. The average molecular weight is 303 g/mol. The zero-order valence-electron chi connectivity index (χ0n) is 11.7. The second kappa shape index (κ2) is 6.66. The average Bonchev–Trinajstić information content (AvgIpc) is 2.99. The van der Waals surface area contributed by atoms with Crippen LogP contribution in [0.15, 0.2) is 47.1 Å². The van der Waals surface area contributed by atoms with Crippen LogP contribution >= 0.6 is 0 Å². The van der Waals surface area contributed by atoms with E-state index in [0.29, 0.717) is 5.76 Å². The third kappa shape index (κ3) is 3.78. The van der Waals surface area contributed by atoms with Crippen molar-refractivity contribution < 1.29 is 23.7 Å². The number of rotatable bonds is 6. The van der Waals surface area contributed by atoms with Crippen LogP contribution in [0.1, 0.15) is 23.0 Å². The summed E-state index contributed by atoms with van der Waals surface area (Å²) < 4.78 is 10.3. The fourth-order valence-corrected chi connectivity index (χ4v) is 1.80. The van der Waals surface area contributed by atoms with Crippen molar-refractivity contribution >= 4 is 17.4 Å². The van der Waals surface area contributed by atoms with Crippen LogP contribution in [0.3, 0.4) is 0 Å². The summed E-state index contributed by atoms with van der Waals surface area (Å²) in [6.07, 6.45) is 0.639. The number of nitrogens with zero attached hydrogens (tertiary/aromatic N) is 1. The van der Waals surface area contributed by atoms with Crippen molar-refractivity contribution in [2.24, 2.45) is 0 Å². The molecule has 0 saturated heterocycles. The lowest BCUT2D eigenvalue weighted by molar-refractivity contribution is -0.384. The van der Waals surface area contributed by atoms with Crippen molar-refractivity contribution in [2.75, 3.05) is 0 Å². The van der Waals surface area contributed by atoms with E-state index in [1.54, 1.807) is 12.1 Å². The minimum Gasteiger partial charge on any atom is -0.469 e. The molecule has 2 aromatic rings. The Balaban J connectivity index is 2.07. The molecule has 0 aliphatic carbocycles. The van der Waals surface area contributed by atoms with E-state index in [9.17, 15) is 19.7 Å². The fourth-order valence-electron chi connectivity index (χ4n) is 1.80. The molecule has 1 heterocycles. The van der Waals surface area contributed by atoms with Gasteiger partial charge in [0.15, 0.2) is 11.9 Å². The van der Waals surface area contributed by atoms with Crippen LogP contribution in [0.5, 0.6) is 0 Å². The monoisotopic (exact) mass is 303 g/mol. The second-order valence-electron chi connectivity index (χ2n) is 4.59. The lowest BCUT2D eigenvalue weighted by Gasteiger charge is -2.13. The number of Topliss-reactive ketones (excluding diaryl/α,β-unsaturated/α-hetero) is 1. The first-order valence-corrected chi connectivity index (χ1v) is 6.45. The van der Waals surface area contributed by atoms with Crippen LogP contribution < -0.4 is 0 Å². The normalized spacial score (nSPS) is 11.7. The molecule has 0 aliphatic rings. The molecule has 0 amide bonds. The molecule has 2 rings (SSSR count). The summed E-state index contributed by atoms with van der Waals surface area (Å²) in [6.45, 7) is 1.32. The van der Waals surface area contributed by atoms with Gasteiger partial charge < -0.3 is 9.15 Å². The van der Waals surface area contributed by atoms with Crippen molar-refractivity contribution in [1.82, 2.24) is 0 Å². The van der Waals surface area contributed by atoms with Crippen molar-refractivity contribution in [1.29, 1.82) is 0 Å². The molecule has 1 atom stereocenters. The van der Waals surface area contributed by atoms with Gasteiger partial charge in [0, 0.05) is 12.1 Å². The summed E-state index contributed by atoms with van der Waals surface area (Å²) in [5, 5.41) is 10.6. The standard InChI is InChI=1S/C15H13NO6/c1-10(17)14(9-13-3-2-8-21-13)22-15(18)11-4-6-12(7-5-11)16(19)20/h2-8,14H,9H2,1H3. The Kier molecular flexibility index (Phi) is 4.67. The molecule has 1 aromatic carbocycles. The fraction of sp³-hybridized carbons (Fsp3) is 0.200. The number of carbonyl (C=O) groups excluding carboxylic acids is 2. The van der Waals surface area contributed by atoms with Gasteiger partial charge in [0.05, 0.1) is 23.2 Å². The molecular formula is C15H13NO6. The predicted octanol–water partition coefficient (Wildman–Crippen LogP) is 2.54. The van der Waals surface area contributed by atoms with Gasteiger partial charge in [0.2, 0.25) is 0 Å². The number of esters is 1. The number of hydrogen-bond donors (Lipinski definition) is 0. The molecule has 0 radical (unpaired) electrons. The Labute approximate surface area is 125 Å². The first-order chi connectivity index (χ1) is 10.5. The molecular weight excluding hydrogens is 290 g/mol. The van der Waals surface area contributed by atoms with Crippen LogP contribution in [0, 0.1) is 10.1 Å². The Hall–Kier alpha value is -2.96. The van der Waals surface area contributed by atoms with E-state index in [4.69, 9.17) is 9.15 Å². The van der Waals surface area contributed by atoms with Gasteiger partial charge in [0.1, 0.15) is 5.76 Å². The van der Waals surface area contributed by atoms with E-state index >= 15 is 0 Å². The van der Waals surface area contributed by atoms with E-state index in [1.165, 1.54) is 37.5 Å². The molecule has 0 fully saturated rings. The molecule has 0 aliphatic heterocycles. The number of nitro benzene ring substituents is 1. The highest BCUT2D eigenvalue weighted by Gasteiger charge is 2.22. The van der Waals surface area contributed by atoms with Gasteiger partial charge in [0.25, 0.3) is 5.69 Å². The van der Waals surface area contributed by atoms with Gasteiger partial charge >= 0.3 is 5.97 Å². The zero-order chi connectivity index (χ0) is 16.1. The summed E-state index contributed by atoms with van der Waals surface area (Å²) in [7, 11) is 0. The Bertz CT molecular complexity index is 675. The van der Waals surface area contributed by atoms with Crippen molar-refractivity contribution in [3.63, 3.8) is 0 Å². The molecule has 7 nitrogen and oxygen atoms in total. The third-order valence-corrected chi connectivity index (χ3v) is 2.98. The Morgan fingerprint density at radius 1 is 1.27 bits per heavy atom. The Morgan fingerprint density at radius 3 is 2.45 bits per heavy atom. The third-order valence-electron chi connectivity index (χ3n) is 2.98. The topological polar surface area (TPSA) is 99.7 Å². The number of carbonyl (C=O) groups is 2. The van der Waals surface area contributed by atoms with Gasteiger partial charge in [-0.1, -0.05) is 0 Å². The summed E-state index contributed by atoms with van der Waals surface area (Å²) in [6, 6.07) is 8.31. The summed E-state index contributed by atoms with van der Waals surface area (Å²) in [4.78, 5) is 33.6. The van der Waals surface area contributed by atoms with E-state index in [2.05, 4.69) is 0 Å². The highest BCUT2D eigenvalue weighted by atomic mass is 16.6. The zero-order valence-corrected chi connectivity index (χ0v) is 11.7. The molecule has 0 bridgehead atoms. The predicted molar refractivity (Wildman–Crippen MR) is 75.4 cm³/mol. The van der Waals surface area contributed by atoms with Crippen LogP contribution in [0.4, 0.5) is 5.69 Å². The highest BCUT2D eigenvalue weighted by molar-refractivity contribution is 5.92. The number of hydrogen-bond acceptors (Lipinski definition) is 6. The quantitative estimate of drug-likeness (QED) is 0.462. The van der Waals surface area contributed by atoms with Crippen LogP contribution in [0.25, 0.3) is 0 Å². The van der Waals surface area contributed by atoms with E-state index in [-0.39, 0.29) is 23.5 Å². The van der Waals surface area contributed by atoms with Crippen molar-refractivity contribution in [3.8, 4) is 0 Å². The number of furan rings is 1. The minimum atomic E-state index is -0.964. The Morgan fingerprint density at radius 2 is 1.95 bits per heavy atom. The maximum atomic E-state index is 12.0. The van der Waals surface area contributed by atoms with Crippen LogP contribution in [0.2, 0.25) is 0 Å². The molecule has 1 unspecified atom stereocenters. The van der Waals surface area contributed by atoms with Gasteiger partial charge in [-0.15, -0.1) is 0 Å².